The van der Waals surface area contributed by atoms with Gasteiger partial charge in [-0.15, -0.1) is 24.0 Å². The molecule has 30 heavy (non-hydrogen) atoms. The summed E-state index contributed by atoms with van der Waals surface area (Å²) in [6.45, 7) is 15.7. The SMILES string of the molecule is CCNC(=NCc1cccc(COC(C)(C)C)c1)NC1CCN(C(=O)C(C)C)C1.I. The minimum atomic E-state index is -0.150. The van der Waals surface area contributed by atoms with E-state index < -0.39 is 0 Å². The van der Waals surface area contributed by atoms with Crippen molar-refractivity contribution >= 4 is 35.8 Å². The first kappa shape index (κ1) is 26.7. The normalized spacial score (nSPS) is 17.1. The van der Waals surface area contributed by atoms with Gasteiger partial charge in [-0.2, -0.15) is 0 Å². The molecule has 0 saturated carbocycles. The molecule has 6 nitrogen and oxygen atoms in total. The lowest BCUT2D eigenvalue weighted by molar-refractivity contribution is -0.133. The van der Waals surface area contributed by atoms with Crippen LogP contribution in [0.5, 0.6) is 0 Å². The highest BCUT2D eigenvalue weighted by atomic mass is 127. The number of halogens is 1. The molecule has 0 radical (unpaired) electrons. The van der Waals surface area contributed by atoms with E-state index in [0.717, 1.165) is 43.1 Å². The molecule has 1 aliphatic rings. The summed E-state index contributed by atoms with van der Waals surface area (Å²) in [5.41, 5.74) is 2.16. The molecule has 7 heteroatoms. The van der Waals surface area contributed by atoms with Crippen LogP contribution in [-0.2, 0) is 22.7 Å². The van der Waals surface area contributed by atoms with Crippen LogP contribution in [0, 0.1) is 5.92 Å². The molecule has 1 unspecified atom stereocenters. The number of hydrogen-bond donors (Lipinski definition) is 2. The van der Waals surface area contributed by atoms with E-state index in [9.17, 15) is 4.79 Å². The Kier molecular flexibility index (Phi) is 11.1. The van der Waals surface area contributed by atoms with Crippen molar-refractivity contribution in [3.05, 3.63) is 35.4 Å². The van der Waals surface area contributed by atoms with Crippen molar-refractivity contribution in [2.75, 3.05) is 19.6 Å². The zero-order valence-corrected chi connectivity index (χ0v) is 21.7. The molecule has 2 rings (SSSR count). The minimum Gasteiger partial charge on any atom is -0.371 e. The summed E-state index contributed by atoms with van der Waals surface area (Å²) in [7, 11) is 0. The topological polar surface area (TPSA) is 66.0 Å². The summed E-state index contributed by atoms with van der Waals surface area (Å²) in [5, 5.41) is 6.81. The minimum absolute atomic E-state index is 0. The van der Waals surface area contributed by atoms with Crippen molar-refractivity contribution in [1.82, 2.24) is 15.5 Å². The molecule has 0 spiro atoms. The summed E-state index contributed by atoms with van der Waals surface area (Å²) >= 11 is 0. The zero-order chi connectivity index (χ0) is 21.4. The van der Waals surface area contributed by atoms with Gasteiger partial charge in [-0.1, -0.05) is 38.1 Å². The number of benzene rings is 1. The van der Waals surface area contributed by atoms with Crippen molar-refractivity contribution < 1.29 is 9.53 Å². The van der Waals surface area contributed by atoms with Gasteiger partial charge in [0, 0.05) is 31.6 Å². The van der Waals surface area contributed by atoms with Crippen LogP contribution in [0.25, 0.3) is 0 Å². The summed E-state index contributed by atoms with van der Waals surface area (Å²) in [6.07, 6.45) is 0.947. The molecule has 170 valence electrons. The third kappa shape index (κ3) is 9.20. The molecular weight excluding hydrogens is 491 g/mol. The van der Waals surface area contributed by atoms with Gasteiger partial charge in [0.1, 0.15) is 0 Å². The molecule has 1 aliphatic heterocycles. The van der Waals surface area contributed by atoms with Gasteiger partial charge in [-0.3, -0.25) is 4.79 Å². The summed E-state index contributed by atoms with van der Waals surface area (Å²) in [5.74, 6) is 1.07. The number of nitrogens with zero attached hydrogens (tertiary/aromatic N) is 2. The highest BCUT2D eigenvalue weighted by molar-refractivity contribution is 14.0. The van der Waals surface area contributed by atoms with Gasteiger partial charge >= 0.3 is 0 Å². The van der Waals surface area contributed by atoms with E-state index in [2.05, 4.69) is 62.6 Å². The van der Waals surface area contributed by atoms with Gasteiger partial charge in [-0.25, -0.2) is 4.99 Å². The molecule has 1 heterocycles. The number of ether oxygens (including phenoxy) is 1. The van der Waals surface area contributed by atoms with Crippen LogP contribution in [0.1, 0.15) is 59.1 Å². The molecule has 1 saturated heterocycles. The highest BCUT2D eigenvalue weighted by Gasteiger charge is 2.27. The van der Waals surface area contributed by atoms with Gasteiger partial charge in [-0.05, 0) is 45.2 Å². The quantitative estimate of drug-likeness (QED) is 0.319. The fourth-order valence-corrected chi connectivity index (χ4v) is 3.24. The van der Waals surface area contributed by atoms with Gasteiger partial charge in [0.2, 0.25) is 5.91 Å². The smallest absolute Gasteiger partial charge is 0.225 e. The van der Waals surface area contributed by atoms with Crippen molar-refractivity contribution in [3.63, 3.8) is 0 Å². The number of aliphatic imine (C=N–C) groups is 1. The van der Waals surface area contributed by atoms with Gasteiger partial charge in [0.05, 0.1) is 18.8 Å². The van der Waals surface area contributed by atoms with E-state index in [4.69, 9.17) is 9.73 Å². The van der Waals surface area contributed by atoms with Crippen LogP contribution < -0.4 is 10.6 Å². The maximum absolute atomic E-state index is 12.2. The summed E-state index contributed by atoms with van der Waals surface area (Å²) in [6, 6.07) is 8.62. The number of carbonyl (C=O) groups excluding carboxylic acids is 1. The standard InChI is InChI=1S/C23H38N4O2.HI/c1-7-24-22(26-20-11-12-27(15-20)21(28)17(2)3)25-14-18-9-8-10-19(13-18)16-29-23(4,5)6;/h8-10,13,17,20H,7,11-12,14-16H2,1-6H3,(H2,24,25,26);1H. The highest BCUT2D eigenvalue weighted by Crippen LogP contribution is 2.14. The Hall–Kier alpha value is -1.35. The van der Waals surface area contributed by atoms with Crippen LogP contribution in [0.3, 0.4) is 0 Å². The maximum Gasteiger partial charge on any atom is 0.225 e. The second-order valence-electron chi connectivity index (χ2n) is 8.99. The predicted molar refractivity (Wildman–Crippen MR) is 134 cm³/mol. The monoisotopic (exact) mass is 530 g/mol. The fraction of sp³-hybridized carbons (Fsp3) is 0.652. The van der Waals surface area contributed by atoms with Gasteiger partial charge in [0.15, 0.2) is 5.96 Å². The molecular formula is C23H39IN4O2. The Morgan fingerprint density at radius 1 is 1.30 bits per heavy atom. The summed E-state index contributed by atoms with van der Waals surface area (Å²) < 4.78 is 5.88. The predicted octanol–water partition coefficient (Wildman–Crippen LogP) is 3.93. The molecule has 0 aliphatic carbocycles. The Balaban J connectivity index is 0.00000450. The van der Waals surface area contributed by atoms with E-state index in [1.54, 1.807) is 0 Å². The second kappa shape index (κ2) is 12.5. The molecule has 1 atom stereocenters. The van der Waals surface area contributed by atoms with Crippen molar-refractivity contribution in [2.24, 2.45) is 10.9 Å². The van der Waals surface area contributed by atoms with E-state index in [-0.39, 0.29) is 47.4 Å². The average Bonchev–Trinajstić information content (AvgIpc) is 3.12. The van der Waals surface area contributed by atoms with Gasteiger partial charge in [0.25, 0.3) is 0 Å². The average molecular weight is 530 g/mol. The van der Waals surface area contributed by atoms with E-state index in [1.165, 1.54) is 0 Å². The number of guanidine groups is 1. The fourth-order valence-electron chi connectivity index (χ4n) is 3.24. The van der Waals surface area contributed by atoms with Crippen molar-refractivity contribution in [1.29, 1.82) is 0 Å². The van der Waals surface area contributed by atoms with Crippen LogP contribution in [0.4, 0.5) is 0 Å². The molecule has 0 bridgehead atoms. The Morgan fingerprint density at radius 2 is 2.00 bits per heavy atom. The first-order valence-electron chi connectivity index (χ1n) is 10.7. The Bertz CT molecular complexity index is 701. The third-order valence-corrected chi connectivity index (χ3v) is 4.76. The zero-order valence-electron chi connectivity index (χ0n) is 19.3. The first-order chi connectivity index (χ1) is 13.7. The lowest BCUT2D eigenvalue weighted by atomic mass is 10.1. The molecule has 1 aromatic rings. The third-order valence-electron chi connectivity index (χ3n) is 4.76. The van der Waals surface area contributed by atoms with Crippen LogP contribution >= 0.6 is 24.0 Å². The number of nitrogens with one attached hydrogen (secondary N) is 2. The lowest BCUT2D eigenvalue weighted by Crippen LogP contribution is -2.45. The molecule has 1 aromatic carbocycles. The van der Waals surface area contributed by atoms with Crippen LogP contribution in [0.2, 0.25) is 0 Å². The Labute approximate surface area is 199 Å². The van der Waals surface area contributed by atoms with E-state index in [1.807, 2.05) is 18.7 Å². The number of likely N-dealkylation sites (tertiary alicyclic amines) is 1. The second-order valence-corrected chi connectivity index (χ2v) is 8.99. The van der Waals surface area contributed by atoms with Crippen LogP contribution in [-0.4, -0.2) is 48.0 Å². The number of amides is 1. The number of rotatable bonds is 7. The molecule has 0 aromatic heterocycles. The summed E-state index contributed by atoms with van der Waals surface area (Å²) in [4.78, 5) is 18.9. The largest absolute Gasteiger partial charge is 0.371 e. The number of hydrogen-bond acceptors (Lipinski definition) is 3. The molecule has 1 amide bonds. The Morgan fingerprint density at radius 3 is 2.63 bits per heavy atom. The van der Waals surface area contributed by atoms with Gasteiger partial charge < -0.3 is 20.3 Å². The molecule has 2 N–H and O–H groups in total. The maximum atomic E-state index is 12.2. The van der Waals surface area contributed by atoms with Crippen LogP contribution in [0.15, 0.2) is 29.3 Å². The lowest BCUT2D eigenvalue weighted by Gasteiger charge is -2.20. The van der Waals surface area contributed by atoms with Crippen molar-refractivity contribution in [3.8, 4) is 0 Å². The van der Waals surface area contributed by atoms with E-state index in [0.29, 0.717) is 13.2 Å². The number of carbonyl (C=O) groups is 1. The first-order valence-corrected chi connectivity index (χ1v) is 10.7. The van der Waals surface area contributed by atoms with E-state index >= 15 is 0 Å². The molecule has 1 fully saturated rings. The van der Waals surface area contributed by atoms with Crippen molar-refractivity contribution in [2.45, 2.75) is 72.8 Å².